The highest BCUT2D eigenvalue weighted by Crippen LogP contribution is 2.18. The van der Waals surface area contributed by atoms with Crippen molar-refractivity contribution in [1.82, 2.24) is 10.2 Å². The molecule has 108 valence electrons. The molecule has 0 aromatic rings. The van der Waals surface area contributed by atoms with Gasteiger partial charge in [0.05, 0.1) is 6.61 Å². The molecular weight excluding hydrogens is 224 g/mol. The highest BCUT2D eigenvalue weighted by atomic mass is 16.3. The van der Waals surface area contributed by atoms with E-state index in [9.17, 15) is 5.11 Å². The number of nitrogens with one attached hydrogen (secondary N) is 1. The third kappa shape index (κ3) is 5.25. The third-order valence-corrected chi connectivity index (χ3v) is 4.31. The fourth-order valence-electron chi connectivity index (χ4n) is 2.85. The van der Waals surface area contributed by atoms with Crippen molar-refractivity contribution in [1.29, 1.82) is 0 Å². The molecule has 1 unspecified atom stereocenters. The summed E-state index contributed by atoms with van der Waals surface area (Å²) in [6, 6.07) is 0. The summed E-state index contributed by atoms with van der Waals surface area (Å²) in [6.45, 7) is 9.40. The van der Waals surface area contributed by atoms with E-state index in [2.05, 4.69) is 24.1 Å². The van der Waals surface area contributed by atoms with Gasteiger partial charge in [-0.25, -0.2) is 0 Å². The van der Waals surface area contributed by atoms with Crippen LogP contribution >= 0.6 is 0 Å². The molecule has 2 N–H and O–H groups in total. The maximum absolute atomic E-state index is 9.66. The number of nitrogens with zero attached hydrogens (tertiary/aromatic N) is 1. The van der Waals surface area contributed by atoms with Gasteiger partial charge in [-0.15, -0.1) is 0 Å². The van der Waals surface area contributed by atoms with Gasteiger partial charge in [-0.05, 0) is 64.7 Å². The van der Waals surface area contributed by atoms with Gasteiger partial charge in [-0.1, -0.05) is 20.3 Å². The molecule has 0 amide bonds. The van der Waals surface area contributed by atoms with Gasteiger partial charge in [0.1, 0.15) is 0 Å². The van der Waals surface area contributed by atoms with Crippen molar-refractivity contribution in [2.75, 3.05) is 32.8 Å². The Hall–Kier alpha value is -0.120. The Morgan fingerprint density at radius 2 is 1.89 bits per heavy atom. The summed E-state index contributed by atoms with van der Waals surface area (Å²) in [4.78, 5) is 2.58. The number of hydrogen-bond donors (Lipinski definition) is 2. The van der Waals surface area contributed by atoms with Crippen LogP contribution in [0.15, 0.2) is 0 Å². The number of hydrogen-bond acceptors (Lipinski definition) is 3. The van der Waals surface area contributed by atoms with Crippen molar-refractivity contribution in [3.63, 3.8) is 0 Å². The highest BCUT2D eigenvalue weighted by molar-refractivity contribution is 4.86. The van der Waals surface area contributed by atoms with Crippen molar-refractivity contribution in [2.45, 2.75) is 64.3 Å². The minimum Gasteiger partial charge on any atom is -0.394 e. The number of aliphatic hydroxyl groups excluding tert-OH is 1. The van der Waals surface area contributed by atoms with Crippen LogP contribution in [-0.4, -0.2) is 48.3 Å². The average Bonchev–Trinajstić information content (AvgIpc) is 2.44. The van der Waals surface area contributed by atoms with Crippen LogP contribution in [0.4, 0.5) is 0 Å². The second-order valence-electron chi connectivity index (χ2n) is 5.72. The van der Waals surface area contributed by atoms with Crippen LogP contribution in [-0.2, 0) is 0 Å². The quantitative estimate of drug-likeness (QED) is 0.665. The van der Waals surface area contributed by atoms with E-state index >= 15 is 0 Å². The molecule has 3 nitrogen and oxygen atoms in total. The molecule has 0 saturated carbocycles. The minimum absolute atomic E-state index is 0.0359. The number of aliphatic hydroxyl groups is 1. The van der Waals surface area contributed by atoms with Gasteiger partial charge < -0.3 is 15.3 Å². The molecule has 1 aliphatic rings. The molecule has 1 aliphatic heterocycles. The minimum atomic E-state index is -0.0359. The zero-order valence-electron chi connectivity index (χ0n) is 12.4. The average molecular weight is 256 g/mol. The van der Waals surface area contributed by atoms with Crippen molar-refractivity contribution < 1.29 is 5.11 Å². The Kier molecular flexibility index (Phi) is 7.87. The van der Waals surface area contributed by atoms with E-state index in [4.69, 9.17) is 0 Å². The summed E-state index contributed by atoms with van der Waals surface area (Å²) in [7, 11) is 0. The van der Waals surface area contributed by atoms with Crippen LogP contribution in [0.2, 0.25) is 0 Å². The van der Waals surface area contributed by atoms with Gasteiger partial charge in [-0.2, -0.15) is 0 Å². The number of rotatable bonds is 9. The summed E-state index contributed by atoms with van der Waals surface area (Å²) in [5.41, 5.74) is -0.0359. The first-order chi connectivity index (χ1) is 8.76. The molecule has 1 heterocycles. The largest absolute Gasteiger partial charge is 0.394 e. The second-order valence-corrected chi connectivity index (χ2v) is 5.72. The lowest BCUT2D eigenvalue weighted by Crippen LogP contribution is -2.48. The van der Waals surface area contributed by atoms with Gasteiger partial charge >= 0.3 is 0 Å². The lowest BCUT2D eigenvalue weighted by atomic mass is 9.90. The number of piperidine rings is 1. The van der Waals surface area contributed by atoms with E-state index in [0.717, 1.165) is 25.8 Å². The monoisotopic (exact) mass is 256 g/mol. The Bertz CT molecular complexity index is 199. The van der Waals surface area contributed by atoms with Crippen LogP contribution in [0.3, 0.4) is 0 Å². The van der Waals surface area contributed by atoms with E-state index in [0.29, 0.717) is 0 Å². The SMILES string of the molecule is CCCNC(CC)(CO)CCCN1CCCCC1. The first kappa shape index (κ1) is 15.9. The fourth-order valence-corrected chi connectivity index (χ4v) is 2.85. The maximum atomic E-state index is 9.66. The second kappa shape index (κ2) is 8.89. The summed E-state index contributed by atoms with van der Waals surface area (Å²) >= 11 is 0. The van der Waals surface area contributed by atoms with Crippen molar-refractivity contribution in [3.8, 4) is 0 Å². The predicted molar refractivity (Wildman–Crippen MR) is 77.9 cm³/mol. The van der Waals surface area contributed by atoms with Crippen molar-refractivity contribution in [3.05, 3.63) is 0 Å². The normalized spacial score (nSPS) is 20.8. The topological polar surface area (TPSA) is 35.5 Å². The highest BCUT2D eigenvalue weighted by Gasteiger charge is 2.26. The molecule has 0 spiro atoms. The Morgan fingerprint density at radius 3 is 2.44 bits per heavy atom. The van der Waals surface area contributed by atoms with Crippen molar-refractivity contribution in [2.24, 2.45) is 0 Å². The maximum Gasteiger partial charge on any atom is 0.0613 e. The van der Waals surface area contributed by atoms with Gasteiger partial charge in [-0.3, -0.25) is 0 Å². The molecule has 3 heteroatoms. The fraction of sp³-hybridized carbons (Fsp3) is 1.00. The van der Waals surface area contributed by atoms with Crippen LogP contribution < -0.4 is 5.32 Å². The molecule has 1 saturated heterocycles. The van der Waals surface area contributed by atoms with Gasteiger partial charge in [0.15, 0.2) is 0 Å². The van der Waals surface area contributed by atoms with Crippen LogP contribution in [0.1, 0.15) is 58.8 Å². The smallest absolute Gasteiger partial charge is 0.0613 e. The lowest BCUT2D eigenvalue weighted by Gasteiger charge is -2.34. The molecule has 1 atom stereocenters. The summed E-state index contributed by atoms with van der Waals surface area (Å²) < 4.78 is 0. The molecule has 18 heavy (non-hydrogen) atoms. The van der Waals surface area contributed by atoms with E-state index in [1.807, 2.05) is 0 Å². The van der Waals surface area contributed by atoms with Gasteiger partial charge in [0, 0.05) is 5.54 Å². The van der Waals surface area contributed by atoms with Crippen LogP contribution in [0, 0.1) is 0 Å². The molecule has 1 fully saturated rings. The van der Waals surface area contributed by atoms with Crippen molar-refractivity contribution >= 4 is 0 Å². The Balaban J connectivity index is 2.27. The molecule has 0 aliphatic carbocycles. The predicted octanol–water partition coefficient (Wildman–Crippen LogP) is 2.39. The summed E-state index contributed by atoms with van der Waals surface area (Å²) in [5.74, 6) is 0. The first-order valence-electron chi connectivity index (χ1n) is 7.84. The van der Waals surface area contributed by atoms with E-state index < -0.39 is 0 Å². The zero-order chi connectivity index (χ0) is 13.3. The molecule has 0 bridgehead atoms. The first-order valence-corrected chi connectivity index (χ1v) is 7.84. The molecule has 0 aromatic heterocycles. The summed E-state index contributed by atoms with van der Waals surface area (Å²) in [5, 5.41) is 13.2. The van der Waals surface area contributed by atoms with E-state index in [1.54, 1.807) is 0 Å². The van der Waals surface area contributed by atoms with Gasteiger partial charge in [0.2, 0.25) is 0 Å². The van der Waals surface area contributed by atoms with Crippen LogP contribution in [0.25, 0.3) is 0 Å². The molecule has 0 radical (unpaired) electrons. The van der Waals surface area contributed by atoms with Crippen LogP contribution in [0.5, 0.6) is 0 Å². The standard InChI is InChI=1S/C15H32N2O/c1-3-10-16-15(4-2,14-18)9-8-13-17-11-6-5-7-12-17/h16,18H,3-14H2,1-2H3. The van der Waals surface area contributed by atoms with E-state index in [1.165, 1.54) is 45.3 Å². The van der Waals surface area contributed by atoms with Gasteiger partial charge in [0.25, 0.3) is 0 Å². The third-order valence-electron chi connectivity index (χ3n) is 4.31. The molecule has 0 aromatic carbocycles. The lowest BCUT2D eigenvalue weighted by molar-refractivity contribution is 0.135. The summed E-state index contributed by atoms with van der Waals surface area (Å²) in [6.07, 6.45) is 8.59. The Labute approximate surface area is 113 Å². The van der Waals surface area contributed by atoms with E-state index in [-0.39, 0.29) is 12.1 Å². The number of likely N-dealkylation sites (tertiary alicyclic amines) is 1. The Morgan fingerprint density at radius 1 is 1.17 bits per heavy atom. The zero-order valence-corrected chi connectivity index (χ0v) is 12.4. The molecular formula is C15H32N2O. The molecule has 1 rings (SSSR count).